The van der Waals surface area contributed by atoms with Gasteiger partial charge in [0.15, 0.2) is 0 Å². The molecule has 0 aliphatic heterocycles. The molecule has 1 fully saturated rings. The van der Waals surface area contributed by atoms with Crippen LogP contribution in [0.2, 0.25) is 0 Å². The highest BCUT2D eigenvalue weighted by Gasteiger charge is 2.25. The Morgan fingerprint density at radius 2 is 1.65 bits per heavy atom. The standard InChI is InChI=1S/C17H30N2O4/c1-3-15(20)13-5-7-14(8-6-13)19-17(22)9-11-23-12-10-18-16(21)4-2/h13-14H,3-12H2,1-2H3,(H,18,21)(H,19,22). The summed E-state index contributed by atoms with van der Waals surface area (Å²) in [6, 6.07) is 0.187. The van der Waals surface area contributed by atoms with Gasteiger partial charge in [-0.15, -0.1) is 0 Å². The Labute approximate surface area is 138 Å². The molecular formula is C17H30N2O4. The number of nitrogens with one attached hydrogen (secondary N) is 2. The van der Waals surface area contributed by atoms with E-state index in [4.69, 9.17) is 4.74 Å². The highest BCUT2D eigenvalue weighted by molar-refractivity contribution is 5.81. The number of rotatable bonds is 10. The minimum atomic E-state index is -0.00661. The van der Waals surface area contributed by atoms with Gasteiger partial charge in [-0.05, 0) is 25.7 Å². The molecule has 0 aromatic heterocycles. The maximum atomic E-state index is 11.8. The molecule has 0 aromatic carbocycles. The van der Waals surface area contributed by atoms with Crippen molar-refractivity contribution in [2.24, 2.45) is 5.92 Å². The van der Waals surface area contributed by atoms with Crippen molar-refractivity contribution in [2.45, 2.75) is 64.8 Å². The lowest BCUT2D eigenvalue weighted by Gasteiger charge is -2.28. The van der Waals surface area contributed by atoms with Crippen LogP contribution in [0.25, 0.3) is 0 Å². The van der Waals surface area contributed by atoms with E-state index in [1.807, 2.05) is 6.92 Å². The fraction of sp³-hybridized carbons (Fsp3) is 0.824. The van der Waals surface area contributed by atoms with Gasteiger partial charge >= 0.3 is 0 Å². The van der Waals surface area contributed by atoms with Crippen LogP contribution in [0.5, 0.6) is 0 Å². The van der Waals surface area contributed by atoms with Crippen LogP contribution in [0.3, 0.4) is 0 Å². The van der Waals surface area contributed by atoms with E-state index in [0.717, 1.165) is 25.7 Å². The second kappa shape index (κ2) is 11.2. The SMILES string of the molecule is CCC(=O)NCCOCCC(=O)NC1CCC(C(=O)CC)CC1. The highest BCUT2D eigenvalue weighted by Crippen LogP contribution is 2.25. The quantitative estimate of drug-likeness (QED) is 0.597. The molecule has 1 saturated carbocycles. The van der Waals surface area contributed by atoms with Crippen molar-refractivity contribution >= 4 is 17.6 Å². The van der Waals surface area contributed by atoms with Gasteiger partial charge < -0.3 is 15.4 Å². The van der Waals surface area contributed by atoms with E-state index >= 15 is 0 Å². The Morgan fingerprint density at radius 3 is 2.26 bits per heavy atom. The van der Waals surface area contributed by atoms with Gasteiger partial charge in [-0.1, -0.05) is 13.8 Å². The van der Waals surface area contributed by atoms with Gasteiger partial charge in [0.25, 0.3) is 0 Å². The molecular weight excluding hydrogens is 296 g/mol. The molecule has 0 bridgehead atoms. The molecule has 0 aromatic rings. The zero-order valence-electron chi connectivity index (χ0n) is 14.4. The van der Waals surface area contributed by atoms with Crippen LogP contribution < -0.4 is 10.6 Å². The van der Waals surface area contributed by atoms with Crippen molar-refractivity contribution in [2.75, 3.05) is 19.8 Å². The summed E-state index contributed by atoms with van der Waals surface area (Å²) in [6.45, 7) is 4.96. The van der Waals surface area contributed by atoms with Gasteiger partial charge in [0.05, 0.1) is 13.2 Å². The van der Waals surface area contributed by atoms with Gasteiger partial charge in [0.2, 0.25) is 11.8 Å². The molecule has 6 heteroatoms. The summed E-state index contributed by atoms with van der Waals surface area (Å²) < 4.78 is 5.33. The molecule has 132 valence electrons. The van der Waals surface area contributed by atoms with E-state index in [1.165, 1.54) is 0 Å². The van der Waals surface area contributed by atoms with E-state index < -0.39 is 0 Å². The number of carbonyl (C=O) groups is 3. The molecule has 1 rings (SSSR count). The second-order valence-corrected chi connectivity index (χ2v) is 6.00. The Balaban J connectivity index is 2.04. The molecule has 0 radical (unpaired) electrons. The first-order chi connectivity index (χ1) is 11.1. The average Bonchev–Trinajstić information content (AvgIpc) is 2.57. The van der Waals surface area contributed by atoms with Crippen molar-refractivity contribution in [1.29, 1.82) is 0 Å². The van der Waals surface area contributed by atoms with Crippen LogP contribution in [0.4, 0.5) is 0 Å². The third-order valence-electron chi connectivity index (χ3n) is 4.26. The minimum Gasteiger partial charge on any atom is -0.379 e. The smallest absolute Gasteiger partial charge is 0.222 e. The van der Waals surface area contributed by atoms with Crippen LogP contribution in [0.1, 0.15) is 58.8 Å². The number of hydrogen-bond donors (Lipinski definition) is 2. The largest absolute Gasteiger partial charge is 0.379 e. The van der Waals surface area contributed by atoms with Crippen molar-refractivity contribution in [3.63, 3.8) is 0 Å². The summed E-state index contributed by atoms with van der Waals surface area (Å²) in [4.78, 5) is 34.5. The van der Waals surface area contributed by atoms with Crippen LogP contribution in [0.15, 0.2) is 0 Å². The normalized spacial score (nSPS) is 20.8. The zero-order valence-corrected chi connectivity index (χ0v) is 14.4. The van der Waals surface area contributed by atoms with Crippen LogP contribution in [-0.4, -0.2) is 43.4 Å². The van der Waals surface area contributed by atoms with Gasteiger partial charge in [0.1, 0.15) is 5.78 Å². The molecule has 6 nitrogen and oxygen atoms in total. The van der Waals surface area contributed by atoms with E-state index in [-0.39, 0.29) is 23.8 Å². The van der Waals surface area contributed by atoms with E-state index in [1.54, 1.807) is 6.92 Å². The lowest BCUT2D eigenvalue weighted by molar-refractivity contribution is -0.124. The summed E-state index contributed by atoms with van der Waals surface area (Å²) in [7, 11) is 0. The first-order valence-electron chi connectivity index (χ1n) is 8.73. The summed E-state index contributed by atoms with van der Waals surface area (Å²) in [5, 5.41) is 5.73. The molecule has 1 aliphatic carbocycles. The number of hydrogen-bond acceptors (Lipinski definition) is 4. The summed E-state index contributed by atoms with van der Waals surface area (Å²) >= 11 is 0. The predicted octanol–water partition coefficient (Wildman–Crippen LogP) is 1.57. The molecule has 0 unspecified atom stereocenters. The second-order valence-electron chi connectivity index (χ2n) is 6.00. The molecule has 2 amide bonds. The Kier molecular flexibility index (Phi) is 9.52. The third kappa shape index (κ3) is 8.11. The highest BCUT2D eigenvalue weighted by atomic mass is 16.5. The lowest BCUT2D eigenvalue weighted by atomic mass is 9.83. The molecule has 0 saturated heterocycles. The molecule has 1 aliphatic rings. The number of carbonyl (C=O) groups excluding carboxylic acids is 3. The number of ether oxygens (including phenoxy) is 1. The van der Waals surface area contributed by atoms with E-state index in [2.05, 4.69) is 10.6 Å². The van der Waals surface area contributed by atoms with Gasteiger partial charge in [-0.3, -0.25) is 14.4 Å². The van der Waals surface area contributed by atoms with Crippen LogP contribution in [-0.2, 0) is 19.1 Å². The summed E-state index contributed by atoms with van der Waals surface area (Å²) in [5.74, 6) is 0.532. The van der Waals surface area contributed by atoms with Gasteiger partial charge in [-0.2, -0.15) is 0 Å². The first-order valence-corrected chi connectivity index (χ1v) is 8.73. The Hall–Kier alpha value is -1.43. The number of Topliss-reactive ketones (excluding diaryl/α,β-unsaturated/α-hetero) is 1. The van der Waals surface area contributed by atoms with Crippen molar-refractivity contribution in [1.82, 2.24) is 10.6 Å². The minimum absolute atomic E-state index is 0.00324. The third-order valence-corrected chi connectivity index (χ3v) is 4.26. The van der Waals surface area contributed by atoms with Crippen molar-refractivity contribution < 1.29 is 19.1 Å². The fourth-order valence-electron chi connectivity index (χ4n) is 2.80. The Bertz CT molecular complexity index is 390. The van der Waals surface area contributed by atoms with Crippen LogP contribution >= 0.6 is 0 Å². The first kappa shape index (κ1) is 19.6. The van der Waals surface area contributed by atoms with Crippen molar-refractivity contribution in [3.05, 3.63) is 0 Å². The van der Waals surface area contributed by atoms with E-state index in [9.17, 15) is 14.4 Å². The van der Waals surface area contributed by atoms with Crippen LogP contribution in [0, 0.1) is 5.92 Å². The monoisotopic (exact) mass is 326 g/mol. The molecule has 0 heterocycles. The predicted molar refractivity (Wildman–Crippen MR) is 87.9 cm³/mol. The molecule has 2 N–H and O–H groups in total. The zero-order chi connectivity index (χ0) is 17.1. The van der Waals surface area contributed by atoms with Gasteiger partial charge in [0, 0.05) is 37.8 Å². The van der Waals surface area contributed by atoms with Crippen molar-refractivity contribution in [3.8, 4) is 0 Å². The van der Waals surface area contributed by atoms with E-state index in [0.29, 0.717) is 44.8 Å². The maximum Gasteiger partial charge on any atom is 0.222 e. The maximum absolute atomic E-state index is 11.8. The molecule has 0 atom stereocenters. The summed E-state index contributed by atoms with van der Waals surface area (Å²) in [5.41, 5.74) is 0. The van der Waals surface area contributed by atoms with Gasteiger partial charge in [-0.25, -0.2) is 0 Å². The Morgan fingerprint density at radius 1 is 0.957 bits per heavy atom. The number of ketones is 1. The number of amides is 2. The molecule has 0 spiro atoms. The fourth-order valence-corrected chi connectivity index (χ4v) is 2.80. The summed E-state index contributed by atoms with van der Waals surface area (Å²) in [6.07, 6.45) is 4.93. The molecule has 23 heavy (non-hydrogen) atoms. The average molecular weight is 326 g/mol. The topological polar surface area (TPSA) is 84.5 Å². The lowest BCUT2D eigenvalue weighted by Crippen LogP contribution is -2.39.